The molecule has 0 radical (unpaired) electrons. The molecule has 0 aliphatic heterocycles. The van der Waals surface area contributed by atoms with Crippen LogP contribution < -0.4 is 0 Å². The van der Waals surface area contributed by atoms with E-state index in [1.807, 2.05) is 23.8 Å². The van der Waals surface area contributed by atoms with Crippen molar-refractivity contribution >= 4 is 17.3 Å². The van der Waals surface area contributed by atoms with Crippen molar-refractivity contribution in [3.8, 4) is 0 Å². The van der Waals surface area contributed by atoms with Gasteiger partial charge in [-0.3, -0.25) is 4.79 Å². The lowest BCUT2D eigenvalue weighted by Gasteiger charge is -2.18. The van der Waals surface area contributed by atoms with Crippen LogP contribution in [0.15, 0.2) is 16.8 Å². The van der Waals surface area contributed by atoms with Gasteiger partial charge in [0.25, 0.3) is 0 Å². The molecule has 0 fully saturated rings. The van der Waals surface area contributed by atoms with Crippen molar-refractivity contribution in [1.82, 2.24) is 0 Å². The van der Waals surface area contributed by atoms with Gasteiger partial charge in [0, 0.05) is 0 Å². The fourth-order valence-electron chi connectivity index (χ4n) is 1.44. The zero-order valence-electron chi connectivity index (χ0n) is 8.97. The zero-order valence-corrected chi connectivity index (χ0v) is 9.79. The molecule has 0 saturated carbocycles. The highest BCUT2D eigenvalue weighted by atomic mass is 32.1. The van der Waals surface area contributed by atoms with E-state index in [2.05, 4.69) is 0 Å². The van der Waals surface area contributed by atoms with Crippen molar-refractivity contribution in [2.75, 3.05) is 6.61 Å². The predicted octanol–water partition coefficient (Wildman–Crippen LogP) is 2.37. The third-order valence-corrected chi connectivity index (χ3v) is 3.00. The number of thiophene rings is 1. The first kappa shape index (κ1) is 12.2. The van der Waals surface area contributed by atoms with Gasteiger partial charge < -0.3 is 9.84 Å². The van der Waals surface area contributed by atoms with E-state index in [1.54, 1.807) is 6.92 Å². The highest BCUT2D eigenvalue weighted by molar-refractivity contribution is 7.07. The number of hydrogen-bond acceptors (Lipinski definition) is 4. The number of aliphatic hydroxyl groups is 1. The van der Waals surface area contributed by atoms with Crippen LogP contribution in [0.4, 0.5) is 0 Å². The summed E-state index contributed by atoms with van der Waals surface area (Å²) in [5, 5.41) is 13.7. The maximum absolute atomic E-state index is 11.5. The molecular weight excluding hydrogens is 212 g/mol. The summed E-state index contributed by atoms with van der Waals surface area (Å²) in [6, 6.07) is 1.83. The van der Waals surface area contributed by atoms with E-state index in [0.717, 1.165) is 5.56 Å². The standard InChI is InChI=1S/C11H16O3S/c1-3-9(11(13)14-4-2)10(12)8-5-6-15-7-8/h5-7,9-10,12H,3-4H2,1-2H3. The van der Waals surface area contributed by atoms with E-state index < -0.39 is 12.0 Å². The summed E-state index contributed by atoms with van der Waals surface area (Å²) in [5.74, 6) is -0.779. The largest absolute Gasteiger partial charge is 0.466 e. The number of esters is 1. The van der Waals surface area contributed by atoms with Crippen molar-refractivity contribution in [2.45, 2.75) is 26.4 Å². The van der Waals surface area contributed by atoms with Gasteiger partial charge in [-0.1, -0.05) is 6.92 Å². The molecule has 0 saturated heterocycles. The molecule has 0 spiro atoms. The molecule has 0 aromatic carbocycles. The minimum Gasteiger partial charge on any atom is -0.466 e. The quantitative estimate of drug-likeness (QED) is 0.787. The molecule has 15 heavy (non-hydrogen) atoms. The Morgan fingerprint density at radius 2 is 2.33 bits per heavy atom. The van der Waals surface area contributed by atoms with E-state index in [1.165, 1.54) is 11.3 Å². The second-order valence-electron chi connectivity index (χ2n) is 3.27. The normalized spacial score (nSPS) is 14.6. The number of hydrogen-bond donors (Lipinski definition) is 1. The lowest BCUT2D eigenvalue weighted by Crippen LogP contribution is -2.23. The Morgan fingerprint density at radius 1 is 1.60 bits per heavy atom. The average molecular weight is 228 g/mol. The summed E-state index contributed by atoms with van der Waals surface area (Å²) in [6.45, 7) is 3.99. The number of aliphatic hydroxyl groups excluding tert-OH is 1. The van der Waals surface area contributed by atoms with E-state index in [-0.39, 0.29) is 5.97 Å². The molecule has 1 heterocycles. The van der Waals surface area contributed by atoms with Crippen molar-refractivity contribution in [2.24, 2.45) is 5.92 Å². The Labute approximate surface area is 93.7 Å². The van der Waals surface area contributed by atoms with Crippen molar-refractivity contribution in [3.05, 3.63) is 22.4 Å². The Morgan fingerprint density at radius 3 is 2.80 bits per heavy atom. The molecule has 0 amide bonds. The Balaban J connectivity index is 2.70. The SMILES string of the molecule is CCOC(=O)C(CC)C(O)c1ccsc1. The lowest BCUT2D eigenvalue weighted by molar-refractivity contribution is -0.152. The van der Waals surface area contributed by atoms with E-state index in [4.69, 9.17) is 4.74 Å². The van der Waals surface area contributed by atoms with Crippen molar-refractivity contribution in [1.29, 1.82) is 0 Å². The minimum atomic E-state index is -0.750. The van der Waals surface area contributed by atoms with Crippen LogP contribution in [0.25, 0.3) is 0 Å². The van der Waals surface area contributed by atoms with Gasteiger partial charge in [0.2, 0.25) is 0 Å². The zero-order chi connectivity index (χ0) is 11.3. The Hall–Kier alpha value is -0.870. The summed E-state index contributed by atoms with van der Waals surface area (Å²) in [4.78, 5) is 11.5. The summed E-state index contributed by atoms with van der Waals surface area (Å²) in [7, 11) is 0. The molecule has 0 aliphatic rings. The van der Waals surface area contributed by atoms with Gasteiger partial charge in [0.05, 0.1) is 18.6 Å². The summed E-state index contributed by atoms with van der Waals surface area (Å²) < 4.78 is 4.92. The lowest BCUT2D eigenvalue weighted by atomic mass is 9.95. The molecule has 2 unspecified atom stereocenters. The number of carbonyl (C=O) groups is 1. The van der Waals surface area contributed by atoms with Gasteiger partial charge in [-0.15, -0.1) is 0 Å². The highest BCUT2D eigenvalue weighted by Gasteiger charge is 2.27. The molecule has 1 aromatic rings. The number of ether oxygens (including phenoxy) is 1. The molecule has 0 aliphatic carbocycles. The summed E-state index contributed by atoms with van der Waals surface area (Å²) in [5.41, 5.74) is 0.792. The third-order valence-electron chi connectivity index (χ3n) is 2.30. The maximum Gasteiger partial charge on any atom is 0.311 e. The Bertz CT molecular complexity index is 295. The van der Waals surface area contributed by atoms with Gasteiger partial charge in [0.15, 0.2) is 0 Å². The topological polar surface area (TPSA) is 46.5 Å². The summed E-state index contributed by atoms with van der Waals surface area (Å²) in [6.07, 6.45) is -0.171. The van der Waals surface area contributed by atoms with Gasteiger partial charge in [-0.25, -0.2) is 0 Å². The molecule has 1 N–H and O–H groups in total. The summed E-state index contributed by atoms with van der Waals surface area (Å²) >= 11 is 1.51. The van der Waals surface area contributed by atoms with Crippen LogP contribution in [-0.2, 0) is 9.53 Å². The van der Waals surface area contributed by atoms with Crippen LogP contribution in [0.1, 0.15) is 31.9 Å². The minimum absolute atomic E-state index is 0.321. The Kier molecular flexibility index (Phi) is 4.78. The maximum atomic E-state index is 11.5. The van der Waals surface area contributed by atoms with Crippen LogP contribution in [-0.4, -0.2) is 17.7 Å². The third kappa shape index (κ3) is 3.04. The van der Waals surface area contributed by atoms with E-state index in [9.17, 15) is 9.90 Å². The van der Waals surface area contributed by atoms with E-state index >= 15 is 0 Å². The highest BCUT2D eigenvalue weighted by Crippen LogP contribution is 2.27. The molecule has 4 heteroatoms. The smallest absolute Gasteiger partial charge is 0.311 e. The molecule has 2 atom stereocenters. The number of carbonyl (C=O) groups excluding carboxylic acids is 1. The fraction of sp³-hybridized carbons (Fsp3) is 0.545. The number of rotatable bonds is 5. The van der Waals surface area contributed by atoms with Crippen LogP contribution in [0, 0.1) is 5.92 Å². The van der Waals surface area contributed by atoms with Gasteiger partial charge in [-0.2, -0.15) is 11.3 Å². The second kappa shape index (κ2) is 5.88. The van der Waals surface area contributed by atoms with E-state index in [0.29, 0.717) is 13.0 Å². The monoisotopic (exact) mass is 228 g/mol. The van der Waals surface area contributed by atoms with Crippen LogP contribution in [0.2, 0.25) is 0 Å². The van der Waals surface area contributed by atoms with Gasteiger partial charge >= 0.3 is 5.97 Å². The van der Waals surface area contributed by atoms with Crippen LogP contribution in [0.5, 0.6) is 0 Å². The molecule has 84 valence electrons. The molecule has 1 rings (SSSR count). The van der Waals surface area contributed by atoms with Crippen molar-refractivity contribution in [3.63, 3.8) is 0 Å². The first-order valence-corrected chi connectivity index (χ1v) is 6.01. The first-order chi connectivity index (χ1) is 7.20. The molecule has 0 bridgehead atoms. The van der Waals surface area contributed by atoms with Crippen molar-refractivity contribution < 1.29 is 14.6 Å². The fourth-order valence-corrected chi connectivity index (χ4v) is 2.13. The van der Waals surface area contributed by atoms with Crippen LogP contribution in [0.3, 0.4) is 0 Å². The molecular formula is C11H16O3S. The van der Waals surface area contributed by atoms with Gasteiger partial charge in [0.1, 0.15) is 0 Å². The average Bonchev–Trinajstić information content (AvgIpc) is 2.71. The first-order valence-electron chi connectivity index (χ1n) is 5.07. The molecule has 3 nitrogen and oxygen atoms in total. The second-order valence-corrected chi connectivity index (χ2v) is 4.05. The molecule has 1 aromatic heterocycles. The van der Waals surface area contributed by atoms with Crippen LogP contribution >= 0.6 is 11.3 Å². The predicted molar refractivity (Wildman–Crippen MR) is 59.7 cm³/mol. The van der Waals surface area contributed by atoms with Gasteiger partial charge in [-0.05, 0) is 35.7 Å².